The SMILES string of the molecule is CC12C=CC(O1)c1c2c(O)n(-c2ccc(S(=O)(=O)N/N=C/c3ccc(Cl)c(Cl)c3)cc2)c1O. The highest BCUT2D eigenvalue weighted by molar-refractivity contribution is 7.89. The molecule has 3 heterocycles. The summed E-state index contributed by atoms with van der Waals surface area (Å²) in [7, 11) is -3.95. The molecule has 2 aliphatic heterocycles. The van der Waals surface area contributed by atoms with Crippen LogP contribution in [0.1, 0.15) is 29.7 Å². The smallest absolute Gasteiger partial charge is 0.276 e. The van der Waals surface area contributed by atoms with E-state index in [9.17, 15) is 18.6 Å². The molecule has 170 valence electrons. The van der Waals surface area contributed by atoms with Gasteiger partial charge in [-0.25, -0.2) is 4.83 Å². The number of aromatic hydroxyl groups is 2. The van der Waals surface area contributed by atoms with Crippen LogP contribution in [0.2, 0.25) is 10.0 Å². The monoisotopic (exact) mass is 505 g/mol. The third-order valence-electron chi connectivity index (χ3n) is 5.63. The molecule has 2 aliphatic rings. The molecule has 0 saturated carbocycles. The topological polar surface area (TPSA) is 113 Å². The number of hydrogen-bond donors (Lipinski definition) is 3. The van der Waals surface area contributed by atoms with Crippen molar-refractivity contribution < 1.29 is 23.4 Å². The summed E-state index contributed by atoms with van der Waals surface area (Å²) in [5.74, 6) is -0.308. The summed E-state index contributed by atoms with van der Waals surface area (Å²) in [6.45, 7) is 1.80. The van der Waals surface area contributed by atoms with Crippen molar-refractivity contribution in [2.24, 2.45) is 5.10 Å². The first-order valence-corrected chi connectivity index (χ1v) is 12.0. The van der Waals surface area contributed by atoms with Crippen LogP contribution in [0.3, 0.4) is 0 Å². The molecule has 0 amide bonds. The second-order valence-electron chi connectivity index (χ2n) is 7.80. The Labute approximate surface area is 199 Å². The highest BCUT2D eigenvalue weighted by atomic mass is 35.5. The number of halogens is 2. The Hall–Kier alpha value is -2.98. The zero-order valence-electron chi connectivity index (χ0n) is 17.0. The third-order valence-corrected chi connectivity index (χ3v) is 7.61. The lowest BCUT2D eigenvalue weighted by molar-refractivity contribution is 0.00856. The summed E-state index contributed by atoms with van der Waals surface area (Å²) in [4.78, 5) is 2.08. The van der Waals surface area contributed by atoms with Gasteiger partial charge in [-0.2, -0.15) is 13.5 Å². The van der Waals surface area contributed by atoms with Crippen molar-refractivity contribution in [3.63, 3.8) is 0 Å². The van der Waals surface area contributed by atoms with Crippen LogP contribution in [-0.4, -0.2) is 29.4 Å². The zero-order chi connectivity index (χ0) is 23.5. The Balaban J connectivity index is 1.39. The van der Waals surface area contributed by atoms with Gasteiger partial charge in [0.15, 0.2) is 0 Å². The first kappa shape index (κ1) is 21.8. The molecule has 5 rings (SSSR count). The van der Waals surface area contributed by atoms with Crippen molar-refractivity contribution in [2.45, 2.75) is 23.5 Å². The molecule has 2 atom stereocenters. The number of aromatic nitrogens is 1. The molecule has 0 radical (unpaired) electrons. The van der Waals surface area contributed by atoms with E-state index in [-0.39, 0.29) is 16.7 Å². The third kappa shape index (κ3) is 3.48. The molecule has 2 aromatic carbocycles. The first-order valence-electron chi connectivity index (χ1n) is 9.75. The van der Waals surface area contributed by atoms with Crippen molar-refractivity contribution in [2.75, 3.05) is 0 Å². The van der Waals surface area contributed by atoms with Gasteiger partial charge in [-0.1, -0.05) is 35.3 Å². The highest BCUT2D eigenvalue weighted by Gasteiger charge is 2.50. The molecule has 0 spiro atoms. The van der Waals surface area contributed by atoms with Crippen molar-refractivity contribution in [1.29, 1.82) is 0 Å². The second kappa shape index (κ2) is 7.53. The van der Waals surface area contributed by atoms with Gasteiger partial charge in [0.2, 0.25) is 11.8 Å². The maximum absolute atomic E-state index is 12.6. The quantitative estimate of drug-likeness (QED) is 0.270. The number of hydrogen-bond acceptors (Lipinski definition) is 6. The maximum atomic E-state index is 12.6. The highest BCUT2D eigenvalue weighted by Crippen LogP contribution is 2.58. The average Bonchev–Trinajstić information content (AvgIpc) is 3.39. The van der Waals surface area contributed by atoms with E-state index < -0.39 is 21.7 Å². The molecule has 2 bridgehead atoms. The fourth-order valence-corrected chi connectivity index (χ4v) is 5.17. The number of nitrogens with zero attached hydrogens (tertiary/aromatic N) is 2. The normalized spacial score (nSPS) is 21.1. The van der Waals surface area contributed by atoms with Crippen LogP contribution in [0, 0.1) is 0 Å². The maximum Gasteiger partial charge on any atom is 0.276 e. The van der Waals surface area contributed by atoms with Gasteiger partial charge in [0.1, 0.15) is 11.7 Å². The van der Waals surface area contributed by atoms with Crippen LogP contribution < -0.4 is 4.83 Å². The van der Waals surface area contributed by atoms with Crippen molar-refractivity contribution in [3.05, 3.63) is 81.4 Å². The van der Waals surface area contributed by atoms with E-state index in [1.807, 2.05) is 12.2 Å². The molecule has 0 saturated heterocycles. The van der Waals surface area contributed by atoms with Gasteiger partial charge in [0, 0.05) is 0 Å². The number of sulfonamides is 1. The predicted octanol–water partition coefficient (Wildman–Crippen LogP) is 4.36. The molecule has 3 aromatic rings. The van der Waals surface area contributed by atoms with E-state index in [2.05, 4.69) is 9.93 Å². The van der Waals surface area contributed by atoms with E-state index in [1.54, 1.807) is 25.1 Å². The second-order valence-corrected chi connectivity index (χ2v) is 10.3. The largest absolute Gasteiger partial charge is 0.494 e. The molecule has 1 aromatic heterocycles. The molecular weight excluding hydrogens is 489 g/mol. The van der Waals surface area contributed by atoms with E-state index in [1.165, 1.54) is 35.0 Å². The Morgan fingerprint density at radius 2 is 1.85 bits per heavy atom. The van der Waals surface area contributed by atoms with Crippen molar-refractivity contribution >= 4 is 39.4 Å². The molecule has 3 N–H and O–H groups in total. The molecule has 2 unspecified atom stereocenters. The summed E-state index contributed by atoms with van der Waals surface area (Å²) < 4.78 is 32.2. The number of benzene rings is 2. The number of fused-ring (bicyclic) bond motifs is 5. The predicted molar refractivity (Wildman–Crippen MR) is 124 cm³/mol. The van der Waals surface area contributed by atoms with E-state index in [0.29, 0.717) is 32.4 Å². The summed E-state index contributed by atoms with van der Waals surface area (Å²) in [5, 5.41) is 26.0. The van der Waals surface area contributed by atoms with Crippen LogP contribution in [0.5, 0.6) is 11.8 Å². The number of nitrogens with one attached hydrogen (secondary N) is 1. The Morgan fingerprint density at radius 1 is 1.12 bits per heavy atom. The van der Waals surface area contributed by atoms with E-state index in [0.717, 1.165) is 0 Å². The lowest BCUT2D eigenvalue weighted by Crippen LogP contribution is -2.18. The summed E-state index contributed by atoms with van der Waals surface area (Å²) in [6.07, 6.45) is 4.53. The van der Waals surface area contributed by atoms with Gasteiger partial charge >= 0.3 is 0 Å². The van der Waals surface area contributed by atoms with Crippen molar-refractivity contribution in [1.82, 2.24) is 9.40 Å². The molecule has 0 aliphatic carbocycles. The fourth-order valence-electron chi connectivity index (χ4n) is 4.07. The van der Waals surface area contributed by atoms with Gasteiger partial charge in [0.25, 0.3) is 10.0 Å². The van der Waals surface area contributed by atoms with Crippen LogP contribution in [0.4, 0.5) is 0 Å². The lowest BCUT2D eigenvalue weighted by atomic mass is 9.91. The minimum Gasteiger partial charge on any atom is -0.494 e. The first-order chi connectivity index (χ1) is 15.6. The van der Waals surface area contributed by atoms with Crippen molar-refractivity contribution in [3.8, 4) is 17.4 Å². The number of hydrazone groups is 1. The molecule has 11 heteroatoms. The number of ether oxygens (including phenoxy) is 1. The van der Waals surface area contributed by atoms with Gasteiger partial charge in [-0.3, -0.25) is 4.57 Å². The van der Waals surface area contributed by atoms with Crippen LogP contribution >= 0.6 is 23.2 Å². The van der Waals surface area contributed by atoms with Gasteiger partial charge in [-0.15, -0.1) is 0 Å². The van der Waals surface area contributed by atoms with Gasteiger partial charge in [0.05, 0.1) is 38.0 Å². The summed E-state index contributed by atoms with van der Waals surface area (Å²) in [6, 6.07) is 10.4. The molecular formula is C22H17Cl2N3O5S. The minimum atomic E-state index is -3.95. The van der Waals surface area contributed by atoms with Gasteiger partial charge in [-0.05, 0) is 55.0 Å². The molecule has 33 heavy (non-hydrogen) atoms. The summed E-state index contributed by atoms with van der Waals surface area (Å²) >= 11 is 11.8. The molecule has 8 nitrogen and oxygen atoms in total. The Kier molecular flexibility index (Phi) is 4.98. The fraction of sp³-hybridized carbons (Fsp3) is 0.136. The van der Waals surface area contributed by atoms with Crippen LogP contribution in [0.25, 0.3) is 5.69 Å². The van der Waals surface area contributed by atoms with Crippen LogP contribution in [-0.2, 0) is 20.4 Å². The summed E-state index contributed by atoms with van der Waals surface area (Å²) in [5.41, 5.74) is 1.15. The lowest BCUT2D eigenvalue weighted by Gasteiger charge is -2.18. The zero-order valence-corrected chi connectivity index (χ0v) is 19.4. The average molecular weight is 506 g/mol. The van der Waals surface area contributed by atoms with Gasteiger partial charge < -0.3 is 14.9 Å². The van der Waals surface area contributed by atoms with Crippen LogP contribution in [0.15, 0.2) is 64.6 Å². The Bertz CT molecular complexity index is 1450. The van der Waals surface area contributed by atoms with E-state index in [4.69, 9.17) is 27.9 Å². The van der Waals surface area contributed by atoms with E-state index >= 15 is 0 Å². The Morgan fingerprint density at radius 3 is 2.52 bits per heavy atom. The molecule has 0 fully saturated rings. The standard InChI is InChI=1S/C22H17Cl2N3O5S/c1-22-9-8-17(32-22)18-19(22)21(29)27(20(18)28)13-3-5-14(6-4-13)33(30,31)26-25-11-12-2-7-15(23)16(24)10-12/h2-11,17,26,28-29H,1H3/b25-11+. The number of rotatable bonds is 5. The minimum absolute atomic E-state index is 0.0479.